The minimum absolute atomic E-state index is 0.748. The quantitative estimate of drug-likeness (QED) is 0.772. The number of hydrogen-bond acceptors (Lipinski definition) is 1. The summed E-state index contributed by atoms with van der Waals surface area (Å²) in [5.74, 6) is 0. The molecule has 1 saturated carbocycles. The van der Waals surface area contributed by atoms with Crippen LogP contribution in [0.15, 0.2) is 18.2 Å². The van der Waals surface area contributed by atoms with Crippen LogP contribution in [-0.4, -0.2) is 6.04 Å². The van der Waals surface area contributed by atoms with Crippen LogP contribution in [0.5, 0.6) is 0 Å². The smallest absolute Gasteiger partial charge is 0.0210 e. The Hall–Kier alpha value is -0.820. The second kappa shape index (κ2) is 6.20. The summed E-state index contributed by atoms with van der Waals surface area (Å²) in [5, 5.41) is 3.75. The summed E-state index contributed by atoms with van der Waals surface area (Å²) in [6.45, 7) is 5.43. The lowest BCUT2D eigenvalue weighted by molar-refractivity contribution is 0.458. The third kappa shape index (κ3) is 3.85. The van der Waals surface area contributed by atoms with Crippen molar-refractivity contribution in [3.05, 3.63) is 34.9 Å². The Labute approximate surface area is 106 Å². The Morgan fingerprint density at radius 2 is 1.76 bits per heavy atom. The van der Waals surface area contributed by atoms with Gasteiger partial charge >= 0.3 is 0 Å². The van der Waals surface area contributed by atoms with E-state index in [1.165, 1.54) is 55.2 Å². The highest BCUT2D eigenvalue weighted by molar-refractivity contribution is 5.30. The summed E-state index contributed by atoms with van der Waals surface area (Å²) in [5.41, 5.74) is 4.25. The fraction of sp³-hybridized carbons (Fsp3) is 0.625. The van der Waals surface area contributed by atoms with Crippen LogP contribution in [0.1, 0.15) is 55.2 Å². The normalized spacial score (nSPS) is 18.0. The Bertz CT molecular complexity index is 349. The molecule has 1 aliphatic rings. The van der Waals surface area contributed by atoms with E-state index in [9.17, 15) is 0 Å². The zero-order valence-corrected chi connectivity index (χ0v) is 11.3. The summed E-state index contributed by atoms with van der Waals surface area (Å²) in [7, 11) is 0. The molecule has 2 rings (SSSR count). The molecule has 1 fully saturated rings. The van der Waals surface area contributed by atoms with Crippen molar-refractivity contribution >= 4 is 0 Å². The van der Waals surface area contributed by atoms with Crippen LogP contribution >= 0.6 is 0 Å². The standard InChI is InChI=1S/C16H25N/c1-13-9-10-14(2)15(11-13)12-17-16-7-5-3-4-6-8-16/h9-11,16-17H,3-8,12H2,1-2H3. The first-order chi connectivity index (χ1) is 8.25. The van der Waals surface area contributed by atoms with Gasteiger partial charge in [-0.3, -0.25) is 0 Å². The fourth-order valence-electron chi connectivity index (χ4n) is 2.73. The Morgan fingerprint density at radius 1 is 1.06 bits per heavy atom. The summed E-state index contributed by atoms with van der Waals surface area (Å²) >= 11 is 0. The number of nitrogens with one attached hydrogen (secondary N) is 1. The number of rotatable bonds is 3. The zero-order valence-electron chi connectivity index (χ0n) is 11.3. The number of benzene rings is 1. The Kier molecular flexibility index (Phi) is 4.61. The van der Waals surface area contributed by atoms with E-state index in [2.05, 4.69) is 37.4 Å². The molecule has 1 aromatic rings. The maximum Gasteiger partial charge on any atom is 0.0210 e. The molecular weight excluding hydrogens is 206 g/mol. The lowest BCUT2D eigenvalue weighted by Gasteiger charge is -2.17. The van der Waals surface area contributed by atoms with Gasteiger partial charge in [-0.05, 0) is 37.8 Å². The van der Waals surface area contributed by atoms with Crippen LogP contribution in [0.25, 0.3) is 0 Å². The van der Waals surface area contributed by atoms with Crippen molar-refractivity contribution in [1.29, 1.82) is 0 Å². The van der Waals surface area contributed by atoms with Gasteiger partial charge in [0.1, 0.15) is 0 Å². The summed E-state index contributed by atoms with van der Waals surface area (Å²) in [6.07, 6.45) is 8.41. The van der Waals surface area contributed by atoms with Crippen molar-refractivity contribution in [3.63, 3.8) is 0 Å². The average Bonchev–Trinajstić information content (AvgIpc) is 2.59. The molecule has 0 aromatic heterocycles. The highest BCUT2D eigenvalue weighted by atomic mass is 14.9. The monoisotopic (exact) mass is 231 g/mol. The van der Waals surface area contributed by atoms with Gasteiger partial charge in [0, 0.05) is 12.6 Å². The van der Waals surface area contributed by atoms with Gasteiger partial charge in [0.2, 0.25) is 0 Å². The van der Waals surface area contributed by atoms with Crippen molar-refractivity contribution in [2.45, 2.75) is 65.0 Å². The minimum Gasteiger partial charge on any atom is -0.310 e. The molecule has 0 amide bonds. The van der Waals surface area contributed by atoms with Crippen molar-refractivity contribution < 1.29 is 0 Å². The van der Waals surface area contributed by atoms with Crippen LogP contribution in [0.4, 0.5) is 0 Å². The van der Waals surface area contributed by atoms with Gasteiger partial charge in [-0.2, -0.15) is 0 Å². The predicted octanol–water partition coefficient (Wildman–Crippen LogP) is 4.12. The SMILES string of the molecule is Cc1ccc(C)c(CNC2CCCCCC2)c1. The van der Waals surface area contributed by atoms with Crippen LogP contribution in [0.3, 0.4) is 0 Å². The molecule has 0 aliphatic heterocycles. The summed E-state index contributed by atoms with van der Waals surface area (Å²) < 4.78 is 0. The Balaban J connectivity index is 1.89. The van der Waals surface area contributed by atoms with Crippen molar-refractivity contribution in [1.82, 2.24) is 5.32 Å². The van der Waals surface area contributed by atoms with Gasteiger partial charge in [0.05, 0.1) is 0 Å². The molecule has 17 heavy (non-hydrogen) atoms. The van der Waals surface area contributed by atoms with Gasteiger partial charge in [0.25, 0.3) is 0 Å². The molecule has 0 radical (unpaired) electrons. The first kappa shape index (κ1) is 12.6. The Morgan fingerprint density at radius 3 is 2.47 bits per heavy atom. The van der Waals surface area contributed by atoms with Crippen LogP contribution < -0.4 is 5.32 Å². The van der Waals surface area contributed by atoms with Gasteiger partial charge < -0.3 is 5.32 Å². The molecule has 1 heteroatoms. The molecule has 1 N–H and O–H groups in total. The summed E-state index contributed by atoms with van der Waals surface area (Å²) in [4.78, 5) is 0. The van der Waals surface area contributed by atoms with E-state index in [0.717, 1.165) is 12.6 Å². The topological polar surface area (TPSA) is 12.0 Å². The first-order valence-electron chi connectivity index (χ1n) is 7.05. The highest BCUT2D eigenvalue weighted by Crippen LogP contribution is 2.18. The third-order valence-electron chi connectivity index (χ3n) is 3.94. The van der Waals surface area contributed by atoms with E-state index in [1.54, 1.807) is 0 Å². The van der Waals surface area contributed by atoms with Crippen molar-refractivity contribution in [3.8, 4) is 0 Å². The maximum atomic E-state index is 3.75. The molecule has 0 bridgehead atoms. The lowest BCUT2D eigenvalue weighted by Crippen LogP contribution is -2.28. The average molecular weight is 231 g/mol. The minimum atomic E-state index is 0.748. The van der Waals surface area contributed by atoms with E-state index >= 15 is 0 Å². The fourth-order valence-corrected chi connectivity index (χ4v) is 2.73. The van der Waals surface area contributed by atoms with E-state index in [4.69, 9.17) is 0 Å². The molecule has 94 valence electrons. The van der Waals surface area contributed by atoms with E-state index < -0.39 is 0 Å². The lowest BCUT2D eigenvalue weighted by atomic mass is 10.0. The second-order valence-corrected chi connectivity index (χ2v) is 5.50. The van der Waals surface area contributed by atoms with Gasteiger partial charge in [-0.15, -0.1) is 0 Å². The largest absolute Gasteiger partial charge is 0.310 e. The van der Waals surface area contributed by atoms with E-state index in [1.807, 2.05) is 0 Å². The molecule has 1 aliphatic carbocycles. The maximum absolute atomic E-state index is 3.75. The van der Waals surface area contributed by atoms with Crippen molar-refractivity contribution in [2.75, 3.05) is 0 Å². The van der Waals surface area contributed by atoms with Gasteiger partial charge in [-0.1, -0.05) is 49.4 Å². The van der Waals surface area contributed by atoms with Crippen LogP contribution in [0.2, 0.25) is 0 Å². The molecule has 1 nitrogen and oxygen atoms in total. The number of aryl methyl sites for hydroxylation is 2. The molecule has 0 saturated heterocycles. The molecular formula is C16H25N. The molecule has 1 aromatic carbocycles. The molecule has 0 heterocycles. The number of hydrogen-bond donors (Lipinski definition) is 1. The second-order valence-electron chi connectivity index (χ2n) is 5.50. The van der Waals surface area contributed by atoms with Gasteiger partial charge in [-0.25, -0.2) is 0 Å². The van der Waals surface area contributed by atoms with Gasteiger partial charge in [0.15, 0.2) is 0 Å². The third-order valence-corrected chi connectivity index (χ3v) is 3.94. The van der Waals surface area contributed by atoms with Crippen LogP contribution in [0, 0.1) is 13.8 Å². The van der Waals surface area contributed by atoms with E-state index in [0.29, 0.717) is 0 Å². The summed E-state index contributed by atoms with van der Waals surface area (Å²) in [6, 6.07) is 7.50. The molecule has 0 unspecified atom stereocenters. The first-order valence-corrected chi connectivity index (χ1v) is 7.05. The zero-order chi connectivity index (χ0) is 12.1. The molecule has 0 spiro atoms. The highest BCUT2D eigenvalue weighted by Gasteiger charge is 2.11. The molecule has 0 atom stereocenters. The predicted molar refractivity (Wildman–Crippen MR) is 74.2 cm³/mol. The van der Waals surface area contributed by atoms with Crippen molar-refractivity contribution in [2.24, 2.45) is 0 Å². The van der Waals surface area contributed by atoms with Crippen LogP contribution in [-0.2, 0) is 6.54 Å². The van der Waals surface area contributed by atoms with E-state index in [-0.39, 0.29) is 0 Å².